The van der Waals surface area contributed by atoms with E-state index in [0.29, 0.717) is 13.0 Å². The molecule has 2 heterocycles. The summed E-state index contributed by atoms with van der Waals surface area (Å²) in [6.07, 6.45) is 2.70. The van der Waals surface area contributed by atoms with Crippen LogP contribution in [0.2, 0.25) is 0 Å². The lowest BCUT2D eigenvalue weighted by molar-refractivity contribution is -0.125. The van der Waals surface area contributed by atoms with Gasteiger partial charge in [-0.3, -0.25) is 14.6 Å². The Morgan fingerprint density at radius 2 is 2.21 bits per heavy atom. The third-order valence-electron chi connectivity index (χ3n) is 4.78. The summed E-state index contributed by atoms with van der Waals surface area (Å²) in [7, 11) is 0. The summed E-state index contributed by atoms with van der Waals surface area (Å²) in [6, 6.07) is 0. The summed E-state index contributed by atoms with van der Waals surface area (Å²) >= 11 is 0. The average molecular weight is 451 g/mol. The van der Waals surface area contributed by atoms with Crippen molar-refractivity contribution in [3.8, 4) is 0 Å². The van der Waals surface area contributed by atoms with E-state index in [2.05, 4.69) is 20.5 Å². The predicted molar refractivity (Wildman–Crippen MR) is 105 cm³/mol. The number of nitrogens with two attached hydrogens (primary N) is 1. The molecule has 0 radical (unpaired) electrons. The zero-order valence-corrected chi connectivity index (χ0v) is 17.2. The van der Waals surface area contributed by atoms with E-state index in [9.17, 15) is 9.59 Å². The van der Waals surface area contributed by atoms with Crippen LogP contribution in [0.25, 0.3) is 0 Å². The lowest BCUT2D eigenvalue weighted by Crippen LogP contribution is -2.51. The number of hydrogen-bond donors (Lipinski definition) is 3. The minimum absolute atomic E-state index is 0. The Hall–Kier alpha value is -1.06. The molecule has 0 aromatic carbocycles. The molecule has 138 valence electrons. The predicted octanol–water partition coefficient (Wildman–Crippen LogP) is 0.684. The molecule has 2 aliphatic heterocycles. The summed E-state index contributed by atoms with van der Waals surface area (Å²) in [5.41, 5.74) is 4.78. The fraction of sp³-hybridized carbons (Fsp3) is 0.812. The number of carbonyl (C=O) groups excluding carboxylic acids is 2. The molecular weight excluding hydrogens is 421 g/mol. The maximum Gasteiger partial charge on any atom is 0.224 e. The molecule has 0 aliphatic carbocycles. The molecule has 1 atom stereocenters. The van der Waals surface area contributed by atoms with Crippen molar-refractivity contribution in [3.63, 3.8) is 0 Å². The Bertz CT molecular complexity index is 509. The van der Waals surface area contributed by atoms with Gasteiger partial charge in [0.2, 0.25) is 11.8 Å². The van der Waals surface area contributed by atoms with Crippen LogP contribution in [0.3, 0.4) is 0 Å². The second kappa shape index (κ2) is 8.35. The first-order valence-corrected chi connectivity index (χ1v) is 8.38. The van der Waals surface area contributed by atoms with Gasteiger partial charge in [-0.25, -0.2) is 0 Å². The van der Waals surface area contributed by atoms with Crippen LogP contribution in [0.4, 0.5) is 0 Å². The minimum Gasteiger partial charge on any atom is -0.369 e. The number of guanidine groups is 1. The van der Waals surface area contributed by atoms with E-state index in [1.807, 2.05) is 6.92 Å². The number of piperidine rings is 1. The van der Waals surface area contributed by atoms with E-state index < -0.39 is 5.41 Å². The second-order valence-corrected chi connectivity index (χ2v) is 7.40. The van der Waals surface area contributed by atoms with Gasteiger partial charge in [-0.05, 0) is 33.6 Å². The van der Waals surface area contributed by atoms with Gasteiger partial charge in [-0.15, -0.1) is 24.0 Å². The number of primary amides is 1. The molecule has 2 saturated heterocycles. The highest BCUT2D eigenvalue weighted by Gasteiger charge is 2.42. The largest absolute Gasteiger partial charge is 0.369 e. The molecule has 7 nitrogen and oxygen atoms in total. The lowest BCUT2D eigenvalue weighted by Gasteiger charge is -2.41. The van der Waals surface area contributed by atoms with Gasteiger partial charge in [0.1, 0.15) is 0 Å². The van der Waals surface area contributed by atoms with Crippen molar-refractivity contribution >= 4 is 41.8 Å². The van der Waals surface area contributed by atoms with Crippen LogP contribution in [-0.4, -0.2) is 55.4 Å². The first kappa shape index (κ1) is 21.0. The quantitative estimate of drug-likeness (QED) is 0.333. The van der Waals surface area contributed by atoms with Crippen molar-refractivity contribution in [2.24, 2.45) is 21.6 Å². The van der Waals surface area contributed by atoms with Gasteiger partial charge in [-0.2, -0.15) is 0 Å². The average Bonchev–Trinajstić information content (AvgIpc) is 2.83. The van der Waals surface area contributed by atoms with E-state index >= 15 is 0 Å². The molecule has 1 unspecified atom stereocenters. The molecule has 0 aromatic heterocycles. The SMILES string of the molecule is CCNC(=NCC(C)(C)C(N)=O)N1CCCC2(CNC(=O)C2)C1.I. The van der Waals surface area contributed by atoms with Crippen molar-refractivity contribution in [2.45, 2.75) is 40.0 Å². The topological polar surface area (TPSA) is 99.8 Å². The van der Waals surface area contributed by atoms with Crippen molar-refractivity contribution in [3.05, 3.63) is 0 Å². The maximum absolute atomic E-state index is 11.6. The van der Waals surface area contributed by atoms with Crippen molar-refractivity contribution < 1.29 is 9.59 Å². The molecule has 2 rings (SSSR count). The van der Waals surface area contributed by atoms with Gasteiger partial charge in [0.15, 0.2) is 5.96 Å². The smallest absolute Gasteiger partial charge is 0.224 e. The first-order valence-electron chi connectivity index (χ1n) is 8.38. The molecule has 4 N–H and O–H groups in total. The zero-order valence-electron chi connectivity index (χ0n) is 14.9. The van der Waals surface area contributed by atoms with Crippen LogP contribution < -0.4 is 16.4 Å². The van der Waals surface area contributed by atoms with Crippen molar-refractivity contribution in [1.29, 1.82) is 0 Å². The lowest BCUT2D eigenvalue weighted by atomic mass is 9.79. The highest BCUT2D eigenvalue weighted by molar-refractivity contribution is 14.0. The summed E-state index contributed by atoms with van der Waals surface area (Å²) in [4.78, 5) is 29.9. The van der Waals surface area contributed by atoms with Crippen LogP contribution >= 0.6 is 24.0 Å². The fourth-order valence-electron chi connectivity index (χ4n) is 3.21. The van der Waals surface area contributed by atoms with E-state index in [0.717, 1.165) is 45.0 Å². The van der Waals surface area contributed by atoms with Gasteiger partial charge in [-0.1, -0.05) is 0 Å². The monoisotopic (exact) mass is 451 g/mol. The van der Waals surface area contributed by atoms with Gasteiger partial charge in [0.05, 0.1) is 12.0 Å². The number of nitrogens with one attached hydrogen (secondary N) is 2. The van der Waals surface area contributed by atoms with Crippen LogP contribution in [0, 0.1) is 10.8 Å². The summed E-state index contributed by atoms with van der Waals surface area (Å²) in [6.45, 7) is 9.22. The van der Waals surface area contributed by atoms with Crippen molar-refractivity contribution in [1.82, 2.24) is 15.5 Å². The number of halogens is 1. The molecule has 2 aliphatic rings. The van der Waals surface area contributed by atoms with Gasteiger partial charge in [0.25, 0.3) is 0 Å². The van der Waals surface area contributed by atoms with Crippen LogP contribution in [0.1, 0.15) is 40.0 Å². The van der Waals surface area contributed by atoms with E-state index in [1.54, 1.807) is 13.8 Å². The number of nitrogens with zero attached hydrogens (tertiary/aromatic N) is 2. The van der Waals surface area contributed by atoms with Crippen molar-refractivity contribution in [2.75, 3.05) is 32.7 Å². The number of amides is 2. The molecule has 24 heavy (non-hydrogen) atoms. The molecule has 0 saturated carbocycles. The Labute approximate surface area is 161 Å². The van der Waals surface area contributed by atoms with Crippen LogP contribution in [0.15, 0.2) is 4.99 Å². The third kappa shape index (κ3) is 4.97. The molecule has 1 spiro atoms. The highest BCUT2D eigenvalue weighted by Crippen LogP contribution is 2.36. The molecule has 8 heteroatoms. The second-order valence-electron chi connectivity index (χ2n) is 7.40. The first-order chi connectivity index (χ1) is 10.8. The number of aliphatic imine (C=N–C) groups is 1. The van der Waals surface area contributed by atoms with E-state index in [4.69, 9.17) is 5.73 Å². The zero-order chi connectivity index (χ0) is 17.1. The fourth-order valence-corrected chi connectivity index (χ4v) is 3.21. The molecule has 2 amide bonds. The number of rotatable bonds is 4. The molecule has 0 bridgehead atoms. The van der Waals surface area contributed by atoms with Gasteiger partial charge >= 0.3 is 0 Å². The van der Waals surface area contributed by atoms with Gasteiger partial charge in [0, 0.05) is 38.0 Å². The molecular formula is C16H30IN5O2. The summed E-state index contributed by atoms with van der Waals surface area (Å²) in [5.74, 6) is 0.599. The van der Waals surface area contributed by atoms with E-state index in [-0.39, 0.29) is 41.2 Å². The van der Waals surface area contributed by atoms with Crippen LogP contribution in [0.5, 0.6) is 0 Å². The summed E-state index contributed by atoms with van der Waals surface area (Å²) < 4.78 is 0. The minimum atomic E-state index is -0.668. The third-order valence-corrected chi connectivity index (χ3v) is 4.78. The normalized spacial score (nSPS) is 24.5. The highest BCUT2D eigenvalue weighted by atomic mass is 127. The van der Waals surface area contributed by atoms with Crippen LogP contribution in [-0.2, 0) is 9.59 Å². The Morgan fingerprint density at radius 1 is 1.50 bits per heavy atom. The number of likely N-dealkylation sites (tertiary alicyclic amines) is 1. The standard InChI is InChI=1S/C16H29N5O2.HI/c1-4-18-14(20-9-15(2,3)13(17)23)21-7-5-6-16(11-21)8-12(22)19-10-16;/h4-11H2,1-3H3,(H2,17,23)(H,18,20)(H,19,22);1H. The summed E-state index contributed by atoms with van der Waals surface area (Å²) in [5, 5.41) is 6.26. The Kier molecular flexibility index (Phi) is 7.30. The molecule has 0 aromatic rings. The van der Waals surface area contributed by atoms with E-state index in [1.165, 1.54) is 0 Å². The Balaban J connectivity index is 0.00000288. The number of carbonyl (C=O) groups is 2. The number of hydrogen-bond acceptors (Lipinski definition) is 3. The molecule has 2 fully saturated rings. The van der Waals surface area contributed by atoms with Gasteiger partial charge < -0.3 is 21.3 Å². The Morgan fingerprint density at radius 3 is 2.75 bits per heavy atom. The maximum atomic E-state index is 11.6.